The van der Waals surface area contributed by atoms with Gasteiger partial charge in [-0.2, -0.15) is 8.78 Å². The zero-order valence-electron chi connectivity index (χ0n) is 14.7. The lowest BCUT2D eigenvalue weighted by molar-refractivity contribution is -0.134. The zero-order chi connectivity index (χ0) is 19.4. The molecular weight excluding hydrogens is 360 g/mol. The molecule has 1 aromatic rings. The Labute approximate surface area is 155 Å². The molecule has 1 spiro atoms. The first-order valence-electron chi connectivity index (χ1n) is 8.88. The summed E-state index contributed by atoms with van der Waals surface area (Å²) in [7, 11) is 0. The summed E-state index contributed by atoms with van der Waals surface area (Å²) in [5, 5.41) is 5.31. The molecule has 2 fully saturated rings. The molecule has 9 heteroatoms. The number of nitrogens with one attached hydrogen (secondary N) is 2. The lowest BCUT2D eigenvalue weighted by atomic mass is 9.90. The highest BCUT2D eigenvalue weighted by atomic mass is 19.3. The first kappa shape index (κ1) is 19.1. The second-order valence-corrected chi connectivity index (χ2v) is 6.77. The Balaban J connectivity index is 1.60. The van der Waals surface area contributed by atoms with Crippen molar-refractivity contribution in [3.63, 3.8) is 0 Å². The Hall–Kier alpha value is -2.71. The van der Waals surface area contributed by atoms with Crippen LogP contribution in [0.25, 0.3) is 0 Å². The van der Waals surface area contributed by atoms with Gasteiger partial charge in [-0.15, -0.1) is 0 Å². The van der Waals surface area contributed by atoms with Crippen molar-refractivity contribution in [1.29, 1.82) is 0 Å². The van der Waals surface area contributed by atoms with Gasteiger partial charge in [0, 0.05) is 5.69 Å². The largest absolute Gasteiger partial charge is 0.435 e. The van der Waals surface area contributed by atoms with Gasteiger partial charge in [-0.1, -0.05) is 25.7 Å². The Kier molecular flexibility index (Phi) is 5.57. The minimum absolute atomic E-state index is 0.0348. The smallest absolute Gasteiger partial charge is 0.387 e. The summed E-state index contributed by atoms with van der Waals surface area (Å²) in [6.07, 6.45) is 4.94. The topological polar surface area (TPSA) is 87.7 Å². The SMILES string of the molecule is O=C(CN1C(=O)NC2(CCCCCC2)C1=O)Nc1ccc(OC(F)F)cc1. The second-order valence-electron chi connectivity index (χ2n) is 6.77. The number of ether oxygens (including phenoxy) is 1. The van der Waals surface area contributed by atoms with E-state index >= 15 is 0 Å². The number of hydrogen-bond acceptors (Lipinski definition) is 4. The van der Waals surface area contributed by atoms with E-state index in [1.165, 1.54) is 24.3 Å². The molecule has 4 amide bonds. The molecular formula is C18H21F2N3O4. The van der Waals surface area contributed by atoms with Gasteiger partial charge in [-0.25, -0.2) is 4.79 Å². The Morgan fingerprint density at radius 3 is 2.37 bits per heavy atom. The summed E-state index contributed by atoms with van der Waals surface area (Å²) < 4.78 is 28.5. The molecule has 1 aliphatic heterocycles. The van der Waals surface area contributed by atoms with Crippen molar-refractivity contribution >= 4 is 23.5 Å². The fraction of sp³-hybridized carbons (Fsp3) is 0.500. The van der Waals surface area contributed by atoms with Gasteiger partial charge in [0.15, 0.2) is 0 Å². The Bertz CT molecular complexity index is 716. The van der Waals surface area contributed by atoms with Gasteiger partial charge >= 0.3 is 12.6 Å². The maximum Gasteiger partial charge on any atom is 0.387 e. The predicted molar refractivity (Wildman–Crippen MR) is 92.4 cm³/mol. The Morgan fingerprint density at radius 2 is 1.78 bits per heavy atom. The van der Waals surface area contributed by atoms with Gasteiger partial charge < -0.3 is 15.4 Å². The Morgan fingerprint density at radius 1 is 1.15 bits per heavy atom. The third-order valence-electron chi connectivity index (χ3n) is 4.87. The van der Waals surface area contributed by atoms with Crippen LogP contribution in [0, 0.1) is 0 Å². The average Bonchev–Trinajstić information content (AvgIpc) is 2.79. The average molecular weight is 381 g/mol. The molecule has 0 radical (unpaired) electrons. The van der Waals surface area contributed by atoms with E-state index in [4.69, 9.17) is 0 Å². The molecule has 1 saturated carbocycles. The zero-order valence-corrected chi connectivity index (χ0v) is 14.7. The number of alkyl halides is 2. The maximum atomic E-state index is 12.8. The maximum absolute atomic E-state index is 12.8. The van der Waals surface area contributed by atoms with Crippen LogP contribution in [-0.4, -0.2) is 41.4 Å². The molecule has 0 bridgehead atoms. The van der Waals surface area contributed by atoms with Crippen LogP contribution in [0.5, 0.6) is 5.75 Å². The summed E-state index contributed by atoms with van der Waals surface area (Å²) in [6, 6.07) is 4.81. The molecule has 2 N–H and O–H groups in total. The number of anilines is 1. The van der Waals surface area contributed by atoms with E-state index in [0.29, 0.717) is 18.5 Å². The quantitative estimate of drug-likeness (QED) is 0.768. The van der Waals surface area contributed by atoms with Crippen LogP contribution >= 0.6 is 0 Å². The molecule has 1 heterocycles. The van der Waals surface area contributed by atoms with Gasteiger partial charge in [0.2, 0.25) is 5.91 Å². The number of urea groups is 1. The molecule has 7 nitrogen and oxygen atoms in total. The number of benzene rings is 1. The van der Waals surface area contributed by atoms with E-state index < -0.39 is 30.6 Å². The molecule has 1 aromatic carbocycles. The summed E-state index contributed by atoms with van der Waals surface area (Å²) in [4.78, 5) is 38.2. The normalized spacial score (nSPS) is 19.1. The molecule has 27 heavy (non-hydrogen) atoms. The fourth-order valence-electron chi connectivity index (χ4n) is 3.55. The third kappa shape index (κ3) is 4.35. The summed E-state index contributed by atoms with van der Waals surface area (Å²) in [6.45, 7) is -3.33. The molecule has 146 valence electrons. The monoisotopic (exact) mass is 381 g/mol. The van der Waals surface area contributed by atoms with Crippen LogP contribution in [-0.2, 0) is 9.59 Å². The number of carbonyl (C=O) groups excluding carboxylic acids is 3. The minimum Gasteiger partial charge on any atom is -0.435 e. The molecule has 1 saturated heterocycles. The highest BCUT2D eigenvalue weighted by Crippen LogP contribution is 2.32. The van der Waals surface area contributed by atoms with Gasteiger partial charge in [0.25, 0.3) is 5.91 Å². The first-order chi connectivity index (χ1) is 12.9. The van der Waals surface area contributed by atoms with E-state index in [9.17, 15) is 23.2 Å². The molecule has 0 atom stereocenters. The summed E-state index contributed by atoms with van der Waals surface area (Å²) >= 11 is 0. The van der Waals surface area contributed by atoms with Crippen LogP contribution in [0.2, 0.25) is 0 Å². The lowest BCUT2D eigenvalue weighted by Crippen LogP contribution is -2.47. The highest BCUT2D eigenvalue weighted by molar-refractivity contribution is 6.10. The van der Waals surface area contributed by atoms with Crippen molar-refractivity contribution in [3.8, 4) is 5.75 Å². The van der Waals surface area contributed by atoms with Gasteiger partial charge in [0.1, 0.15) is 17.8 Å². The van der Waals surface area contributed by atoms with E-state index in [0.717, 1.165) is 30.6 Å². The number of hydrogen-bond donors (Lipinski definition) is 2. The van der Waals surface area contributed by atoms with E-state index in [-0.39, 0.29) is 11.7 Å². The van der Waals surface area contributed by atoms with Crippen LogP contribution in [0.3, 0.4) is 0 Å². The second kappa shape index (κ2) is 7.89. The van der Waals surface area contributed by atoms with Crippen molar-refractivity contribution < 1.29 is 27.9 Å². The van der Waals surface area contributed by atoms with Crippen molar-refractivity contribution in [2.45, 2.75) is 50.7 Å². The lowest BCUT2D eigenvalue weighted by Gasteiger charge is -2.24. The van der Waals surface area contributed by atoms with Gasteiger partial charge in [-0.3, -0.25) is 14.5 Å². The van der Waals surface area contributed by atoms with E-state index in [2.05, 4.69) is 15.4 Å². The van der Waals surface area contributed by atoms with Crippen LogP contribution in [0.1, 0.15) is 38.5 Å². The minimum atomic E-state index is -2.93. The number of imide groups is 1. The van der Waals surface area contributed by atoms with Crippen molar-refractivity contribution in [2.75, 3.05) is 11.9 Å². The van der Waals surface area contributed by atoms with E-state index in [1.807, 2.05) is 0 Å². The van der Waals surface area contributed by atoms with E-state index in [1.54, 1.807) is 0 Å². The van der Waals surface area contributed by atoms with Crippen LogP contribution < -0.4 is 15.4 Å². The molecule has 0 unspecified atom stereocenters. The predicted octanol–water partition coefficient (Wildman–Crippen LogP) is 2.87. The molecule has 1 aliphatic carbocycles. The fourth-order valence-corrected chi connectivity index (χ4v) is 3.55. The first-order valence-corrected chi connectivity index (χ1v) is 8.88. The van der Waals surface area contributed by atoms with Crippen molar-refractivity contribution in [2.24, 2.45) is 0 Å². The highest BCUT2D eigenvalue weighted by Gasteiger charge is 2.51. The number of halogens is 2. The molecule has 0 aromatic heterocycles. The summed E-state index contributed by atoms with van der Waals surface area (Å²) in [5.41, 5.74) is -0.542. The number of amides is 4. The van der Waals surface area contributed by atoms with Crippen molar-refractivity contribution in [3.05, 3.63) is 24.3 Å². The standard InChI is InChI=1S/C18H21F2N3O4/c19-16(20)27-13-7-5-12(6-8-13)21-14(24)11-23-15(25)18(22-17(23)26)9-3-1-2-4-10-18/h5-8,16H,1-4,9-11H2,(H,21,24)(H,22,26). The molecule has 2 aliphatic rings. The summed E-state index contributed by atoms with van der Waals surface area (Å²) in [5.74, 6) is -0.940. The van der Waals surface area contributed by atoms with Gasteiger partial charge in [-0.05, 0) is 37.1 Å². The number of nitrogens with zero attached hydrogens (tertiary/aromatic N) is 1. The van der Waals surface area contributed by atoms with Crippen LogP contribution in [0.15, 0.2) is 24.3 Å². The van der Waals surface area contributed by atoms with Crippen molar-refractivity contribution in [1.82, 2.24) is 10.2 Å². The van der Waals surface area contributed by atoms with Crippen LogP contribution in [0.4, 0.5) is 19.3 Å². The van der Waals surface area contributed by atoms with Gasteiger partial charge in [0.05, 0.1) is 0 Å². The molecule has 3 rings (SSSR count). The number of carbonyl (C=O) groups is 3. The number of rotatable bonds is 5. The third-order valence-corrected chi connectivity index (χ3v) is 4.87.